The monoisotopic (exact) mass is 406 g/mol. The standard InChI is InChI=1S/C18H23BrN4O2/c1-12(24)22-8-6-14(7-9-22)11-25-16-5-4-15-18(17(16)19)20-21-23(15)10-13-2-3-13/h4-5,13-14H,2-3,6-11H2,1H3. The SMILES string of the molecule is CC(=O)N1CCC(COc2ccc3c(nnn3CC3CC3)c2Br)CC1. The minimum Gasteiger partial charge on any atom is -0.492 e. The number of benzene rings is 1. The second-order valence-electron chi connectivity index (χ2n) is 7.22. The highest BCUT2D eigenvalue weighted by molar-refractivity contribution is 9.10. The van der Waals surface area contributed by atoms with E-state index in [0.717, 1.165) is 59.6 Å². The van der Waals surface area contributed by atoms with Crippen LogP contribution >= 0.6 is 15.9 Å². The molecule has 0 unspecified atom stereocenters. The lowest BCUT2D eigenvalue weighted by Gasteiger charge is -2.31. The molecule has 6 nitrogen and oxygen atoms in total. The van der Waals surface area contributed by atoms with Crippen molar-refractivity contribution in [2.45, 2.75) is 39.2 Å². The molecule has 2 aliphatic rings. The molecule has 1 aliphatic carbocycles. The van der Waals surface area contributed by atoms with Crippen molar-refractivity contribution in [3.8, 4) is 5.75 Å². The first-order valence-electron chi connectivity index (χ1n) is 9.02. The number of nitrogens with zero attached hydrogens (tertiary/aromatic N) is 4. The van der Waals surface area contributed by atoms with E-state index in [1.807, 2.05) is 15.6 Å². The van der Waals surface area contributed by atoms with Crippen molar-refractivity contribution in [2.24, 2.45) is 11.8 Å². The van der Waals surface area contributed by atoms with Gasteiger partial charge in [0.05, 0.1) is 16.6 Å². The van der Waals surface area contributed by atoms with Gasteiger partial charge in [0.15, 0.2) is 0 Å². The van der Waals surface area contributed by atoms with Crippen LogP contribution in [0.15, 0.2) is 16.6 Å². The summed E-state index contributed by atoms with van der Waals surface area (Å²) in [7, 11) is 0. The first-order chi connectivity index (χ1) is 12.1. The zero-order chi connectivity index (χ0) is 17.4. The number of hydrogen-bond donors (Lipinski definition) is 0. The highest BCUT2D eigenvalue weighted by Gasteiger charge is 2.24. The van der Waals surface area contributed by atoms with E-state index in [4.69, 9.17) is 4.74 Å². The highest BCUT2D eigenvalue weighted by atomic mass is 79.9. The lowest BCUT2D eigenvalue weighted by Crippen LogP contribution is -2.38. The molecule has 0 bridgehead atoms. The molecule has 0 spiro atoms. The zero-order valence-corrected chi connectivity index (χ0v) is 16.0. The molecular formula is C18H23BrN4O2. The molecule has 4 rings (SSSR count). The third-order valence-electron chi connectivity index (χ3n) is 5.25. The predicted octanol–water partition coefficient (Wildman–Crippen LogP) is 3.24. The van der Waals surface area contributed by atoms with E-state index in [-0.39, 0.29) is 5.91 Å². The minimum absolute atomic E-state index is 0.168. The van der Waals surface area contributed by atoms with Crippen LogP contribution in [0.2, 0.25) is 0 Å². The van der Waals surface area contributed by atoms with E-state index in [2.05, 4.69) is 32.3 Å². The molecule has 2 fully saturated rings. The summed E-state index contributed by atoms with van der Waals surface area (Å²) in [5, 5.41) is 8.62. The smallest absolute Gasteiger partial charge is 0.219 e. The molecule has 134 valence electrons. The van der Waals surface area contributed by atoms with Crippen LogP contribution in [0.1, 0.15) is 32.6 Å². The van der Waals surface area contributed by atoms with Gasteiger partial charge in [0, 0.05) is 26.6 Å². The van der Waals surface area contributed by atoms with Gasteiger partial charge in [-0.15, -0.1) is 5.10 Å². The van der Waals surface area contributed by atoms with Crippen molar-refractivity contribution in [2.75, 3.05) is 19.7 Å². The summed E-state index contributed by atoms with van der Waals surface area (Å²) < 4.78 is 8.94. The number of carbonyl (C=O) groups excluding carboxylic acids is 1. The number of ether oxygens (including phenoxy) is 1. The maximum Gasteiger partial charge on any atom is 0.219 e. The largest absolute Gasteiger partial charge is 0.492 e. The van der Waals surface area contributed by atoms with Gasteiger partial charge >= 0.3 is 0 Å². The van der Waals surface area contributed by atoms with Gasteiger partial charge in [-0.2, -0.15) is 0 Å². The molecule has 1 saturated heterocycles. The van der Waals surface area contributed by atoms with Gasteiger partial charge in [-0.3, -0.25) is 4.79 Å². The summed E-state index contributed by atoms with van der Waals surface area (Å²) in [6.45, 7) is 4.93. The average molecular weight is 407 g/mol. The molecule has 0 N–H and O–H groups in total. The van der Waals surface area contributed by atoms with Crippen molar-refractivity contribution in [1.82, 2.24) is 19.9 Å². The summed E-state index contributed by atoms with van der Waals surface area (Å²) in [5.74, 6) is 2.24. The van der Waals surface area contributed by atoms with E-state index >= 15 is 0 Å². The van der Waals surface area contributed by atoms with Gasteiger partial charge < -0.3 is 9.64 Å². The van der Waals surface area contributed by atoms with Crippen LogP contribution in [0.4, 0.5) is 0 Å². The summed E-state index contributed by atoms with van der Waals surface area (Å²) >= 11 is 3.64. The van der Waals surface area contributed by atoms with Gasteiger partial charge in [-0.05, 0) is 65.6 Å². The zero-order valence-electron chi connectivity index (χ0n) is 14.4. The predicted molar refractivity (Wildman–Crippen MR) is 98.4 cm³/mol. The number of hydrogen-bond acceptors (Lipinski definition) is 4. The van der Waals surface area contributed by atoms with Gasteiger partial charge in [0.2, 0.25) is 5.91 Å². The average Bonchev–Trinajstić information content (AvgIpc) is 3.33. The number of carbonyl (C=O) groups is 1. The first kappa shape index (κ1) is 16.8. The third kappa shape index (κ3) is 3.66. The minimum atomic E-state index is 0.168. The quantitative estimate of drug-likeness (QED) is 0.764. The number of fused-ring (bicyclic) bond motifs is 1. The summed E-state index contributed by atoms with van der Waals surface area (Å²) in [5.41, 5.74) is 1.92. The Balaban J connectivity index is 1.40. The molecule has 1 aromatic carbocycles. The Kier molecular flexibility index (Phi) is 4.67. The van der Waals surface area contributed by atoms with E-state index in [0.29, 0.717) is 12.5 Å². The Hall–Kier alpha value is -1.63. The normalized spacial score (nSPS) is 18.7. The third-order valence-corrected chi connectivity index (χ3v) is 6.02. The maximum absolute atomic E-state index is 11.4. The van der Waals surface area contributed by atoms with Crippen molar-refractivity contribution < 1.29 is 9.53 Å². The molecule has 1 aromatic heterocycles. The molecule has 7 heteroatoms. The summed E-state index contributed by atoms with van der Waals surface area (Å²) in [6, 6.07) is 4.06. The number of likely N-dealkylation sites (tertiary alicyclic amines) is 1. The Morgan fingerprint density at radius 3 is 2.68 bits per heavy atom. The van der Waals surface area contributed by atoms with Gasteiger partial charge in [0.1, 0.15) is 11.3 Å². The fraction of sp³-hybridized carbons (Fsp3) is 0.611. The fourth-order valence-electron chi connectivity index (χ4n) is 3.40. The lowest BCUT2D eigenvalue weighted by atomic mass is 9.98. The van der Waals surface area contributed by atoms with Crippen molar-refractivity contribution in [3.05, 3.63) is 16.6 Å². The van der Waals surface area contributed by atoms with E-state index in [1.54, 1.807) is 6.92 Å². The Morgan fingerprint density at radius 2 is 2.00 bits per heavy atom. The van der Waals surface area contributed by atoms with Gasteiger partial charge in [-0.1, -0.05) is 5.21 Å². The van der Waals surface area contributed by atoms with Crippen LogP contribution in [-0.2, 0) is 11.3 Å². The van der Waals surface area contributed by atoms with Crippen LogP contribution < -0.4 is 4.74 Å². The van der Waals surface area contributed by atoms with Crippen LogP contribution in [0.3, 0.4) is 0 Å². The number of halogens is 1. The second kappa shape index (κ2) is 6.94. The Morgan fingerprint density at radius 1 is 1.24 bits per heavy atom. The van der Waals surface area contributed by atoms with Gasteiger partial charge in [-0.25, -0.2) is 4.68 Å². The number of amides is 1. The Labute approximate surface area is 155 Å². The van der Waals surface area contributed by atoms with Crippen molar-refractivity contribution in [3.63, 3.8) is 0 Å². The van der Waals surface area contributed by atoms with E-state index < -0.39 is 0 Å². The molecule has 0 atom stereocenters. The van der Waals surface area contributed by atoms with Gasteiger partial charge in [0.25, 0.3) is 0 Å². The molecule has 25 heavy (non-hydrogen) atoms. The summed E-state index contributed by atoms with van der Waals surface area (Å²) in [4.78, 5) is 13.3. The van der Waals surface area contributed by atoms with E-state index in [1.165, 1.54) is 12.8 Å². The number of piperidine rings is 1. The molecule has 0 radical (unpaired) electrons. The number of rotatable bonds is 5. The summed E-state index contributed by atoms with van der Waals surface area (Å²) in [6.07, 6.45) is 4.59. The Bertz CT molecular complexity index is 779. The van der Waals surface area contributed by atoms with Crippen LogP contribution in [0.5, 0.6) is 5.75 Å². The highest BCUT2D eigenvalue weighted by Crippen LogP contribution is 2.35. The molecule has 2 aromatic rings. The molecule has 2 heterocycles. The first-order valence-corrected chi connectivity index (χ1v) is 9.81. The maximum atomic E-state index is 11.4. The van der Waals surface area contributed by atoms with Crippen LogP contribution in [0.25, 0.3) is 11.0 Å². The lowest BCUT2D eigenvalue weighted by molar-refractivity contribution is -0.130. The van der Waals surface area contributed by atoms with E-state index in [9.17, 15) is 4.79 Å². The van der Waals surface area contributed by atoms with Crippen LogP contribution in [0, 0.1) is 11.8 Å². The second-order valence-corrected chi connectivity index (χ2v) is 8.01. The molecule has 1 amide bonds. The molecular weight excluding hydrogens is 384 g/mol. The van der Waals surface area contributed by atoms with Crippen LogP contribution in [-0.4, -0.2) is 45.5 Å². The van der Waals surface area contributed by atoms with Crippen molar-refractivity contribution >= 4 is 32.9 Å². The number of aromatic nitrogens is 3. The molecule has 1 aliphatic heterocycles. The fourth-order valence-corrected chi connectivity index (χ4v) is 3.93. The molecule has 1 saturated carbocycles. The van der Waals surface area contributed by atoms with Crippen molar-refractivity contribution in [1.29, 1.82) is 0 Å². The topological polar surface area (TPSA) is 60.3 Å².